The van der Waals surface area contributed by atoms with Gasteiger partial charge in [-0.25, -0.2) is 0 Å². The van der Waals surface area contributed by atoms with Gasteiger partial charge in [-0.3, -0.25) is 0 Å². The van der Waals surface area contributed by atoms with E-state index in [1.54, 1.807) is 11.1 Å². The van der Waals surface area contributed by atoms with Crippen LogP contribution in [0.25, 0.3) is 0 Å². The van der Waals surface area contributed by atoms with Gasteiger partial charge in [-0.2, -0.15) is 0 Å². The third-order valence-corrected chi connectivity index (χ3v) is 5.26. The van der Waals surface area contributed by atoms with Gasteiger partial charge in [0.15, 0.2) is 0 Å². The fraction of sp³-hybridized carbons (Fsp3) is 0.368. The van der Waals surface area contributed by atoms with Gasteiger partial charge >= 0.3 is 0 Å². The molecule has 0 amide bonds. The first-order valence-electron chi connectivity index (χ1n) is 7.80. The summed E-state index contributed by atoms with van der Waals surface area (Å²) in [6.07, 6.45) is 5.93. The molecule has 0 aromatic heterocycles. The van der Waals surface area contributed by atoms with Crippen molar-refractivity contribution in [2.24, 2.45) is 11.7 Å². The summed E-state index contributed by atoms with van der Waals surface area (Å²) in [6.45, 7) is 0.735. The number of rotatable bonds is 5. The molecular weight excluding hydrogens is 322 g/mol. The average molecular weight is 344 g/mol. The van der Waals surface area contributed by atoms with Crippen molar-refractivity contribution in [2.75, 3.05) is 6.54 Å². The Labute approximate surface area is 135 Å². The van der Waals surface area contributed by atoms with Crippen molar-refractivity contribution in [3.05, 3.63) is 69.2 Å². The maximum absolute atomic E-state index is 6.02. The molecule has 0 spiro atoms. The van der Waals surface area contributed by atoms with Gasteiger partial charge in [0.2, 0.25) is 0 Å². The monoisotopic (exact) mass is 343 g/mol. The molecule has 0 saturated carbocycles. The first-order chi connectivity index (χ1) is 10.3. The lowest BCUT2D eigenvalue weighted by molar-refractivity contribution is 0.532. The van der Waals surface area contributed by atoms with Crippen LogP contribution in [-0.2, 0) is 25.7 Å². The van der Waals surface area contributed by atoms with Crippen molar-refractivity contribution in [3.63, 3.8) is 0 Å². The Morgan fingerprint density at radius 2 is 1.81 bits per heavy atom. The molecule has 1 atom stereocenters. The molecule has 3 rings (SSSR count). The molecule has 2 aromatic carbocycles. The molecule has 0 bridgehead atoms. The van der Waals surface area contributed by atoms with Crippen LogP contribution < -0.4 is 5.73 Å². The number of halogens is 1. The third-order valence-electron chi connectivity index (χ3n) is 4.49. The van der Waals surface area contributed by atoms with E-state index >= 15 is 0 Å². The van der Waals surface area contributed by atoms with E-state index < -0.39 is 0 Å². The van der Waals surface area contributed by atoms with E-state index in [1.165, 1.54) is 34.9 Å². The molecule has 21 heavy (non-hydrogen) atoms. The molecule has 2 heteroatoms. The predicted molar refractivity (Wildman–Crippen MR) is 92.6 cm³/mol. The summed E-state index contributed by atoms with van der Waals surface area (Å²) in [4.78, 5) is 0. The Morgan fingerprint density at radius 1 is 1.00 bits per heavy atom. The lowest BCUT2D eigenvalue weighted by atomic mass is 9.91. The van der Waals surface area contributed by atoms with Crippen molar-refractivity contribution in [1.82, 2.24) is 0 Å². The van der Waals surface area contributed by atoms with Gasteiger partial charge in [-0.05, 0) is 72.9 Å². The molecule has 0 saturated heterocycles. The molecule has 1 unspecified atom stereocenters. The average Bonchev–Trinajstić information content (AvgIpc) is 2.96. The second kappa shape index (κ2) is 6.76. The molecular formula is C19H22BrN. The van der Waals surface area contributed by atoms with Crippen molar-refractivity contribution >= 4 is 15.9 Å². The van der Waals surface area contributed by atoms with Crippen LogP contribution in [-0.4, -0.2) is 6.54 Å². The number of hydrogen-bond acceptors (Lipinski definition) is 1. The van der Waals surface area contributed by atoms with Crippen molar-refractivity contribution in [1.29, 1.82) is 0 Å². The minimum Gasteiger partial charge on any atom is -0.330 e. The van der Waals surface area contributed by atoms with E-state index in [-0.39, 0.29) is 0 Å². The highest BCUT2D eigenvalue weighted by molar-refractivity contribution is 9.10. The lowest BCUT2D eigenvalue weighted by Gasteiger charge is -2.16. The van der Waals surface area contributed by atoms with Crippen LogP contribution in [0.4, 0.5) is 0 Å². The summed E-state index contributed by atoms with van der Waals surface area (Å²) in [5.74, 6) is 0.503. The van der Waals surface area contributed by atoms with Crippen LogP contribution >= 0.6 is 15.9 Å². The fourth-order valence-electron chi connectivity index (χ4n) is 3.30. The summed E-state index contributed by atoms with van der Waals surface area (Å²) in [7, 11) is 0. The Kier molecular flexibility index (Phi) is 4.77. The highest BCUT2D eigenvalue weighted by atomic mass is 79.9. The zero-order chi connectivity index (χ0) is 14.7. The zero-order valence-corrected chi connectivity index (χ0v) is 13.9. The number of nitrogens with two attached hydrogens (primary N) is 1. The second-order valence-electron chi connectivity index (χ2n) is 6.06. The molecule has 110 valence electrons. The molecule has 1 aliphatic carbocycles. The first-order valence-corrected chi connectivity index (χ1v) is 8.59. The number of benzene rings is 2. The van der Waals surface area contributed by atoms with Gasteiger partial charge in [0.1, 0.15) is 0 Å². The van der Waals surface area contributed by atoms with Crippen LogP contribution in [0, 0.1) is 5.92 Å². The van der Waals surface area contributed by atoms with Gasteiger partial charge in [0, 0.05) is 4.47 Å². The van der Waals surface area contributed by atoms with Crippen LogP contribution in [0.15, 0.2) is 46.9 Å². The van der Waals surface area contributed by atoms with Gasteiger partial charge in [-0.1, -0.05) is 52.3 Å². The summed E-state index contributed by atoms with van der Waals surface area (Å²) < 4.78 is 1.19. The quantitative estimate of drug-likeness (QED) is 0.860. The largest absolute Gasteiger partial charge is 0.330 e. The highest BCUT2D eigenvalue weighted by Crippen LogP contribution is 2.25. The molecule has 0 heterocycles. The Hall–Kier alpha value is -1.12. The number of hydrogen-bond donors (Lipinski definition) is 1. The summed E-state index contributed by atoms with van der Waals surface area (Å²) in [6, 6.07) is 15.5. The first kappa shape index (κ1) is 14.8. The van der Waals surface area contributed by atoms with Crippen LogP contribution in [0.3, 0.4) is 0 Å². The Bertz CT molecular complexity index is 621. The van der Waals surface area contributed by atoms with Crippen LogP contribution in [0.1, 0.15) is 28.7 Å². The van der Waals surface area contributed by atoms with Gasteiger partial charge in [0.25, 0.3) is 0 Å². The van der Waals surface area contributed by atoms with E-state index in [2.05, 4.69) is 58.4 Å². The topological polar surface area (TPSA) is 26.0 Å². The predicted octanol–water partition coefficient (Wildman–Crippen LogP) is 4.30. The zero-order valence-electron chi connectivity index (χ0n) is 12.3. The van der Waals surface area contributed by atoms with Crippen LogP contribution in [0.2, 0.25) is 0 Å². The normalized spacial score (nSPS) is 15.0. The molecule has 0 fully saturated rings. The molecule has 0 radical (unpaired) electrons. The van der Waals surface area contributed by atoms with Crippen molar-refractivity contribution < 1.29 is 0 Å². The van der Waals surface area contributed by atoms with Gasteiger partial charge < -0.3 is 5.73 Å². The summed E-state index contributed by atoms with van der Waals surface area (Å²) in [5.41, 5.74) is 11.9. The van der Waals surface area contributed by atoms with E-state index in [0.29, 0.717) is 5.92 Å². The van der Waals surface area contributed by atoms with Crippen molar-refractivity contribution in [2.45, 2.75) is 32.1 Å². The number of fused-ring (bicyclic) bond motifs is 1. The molecule has 1 nitrogen and oxygen atoms in total. The lowest BCUT2D eigenvalue weighted by Crippen LogP contribution is -2.19. The third kappa shape index (κ3) is 3.56. The number of aryl methyl sites for hydroxylation is 2. The van der Waals surface area contributed by atoms with Crippen LogP contribution in [0.5, 0.6) is 0 Å². The molecule has 0 aliphatic heterocycles. The standard InChI is InChI=1S/C19H22BrN/c20-19-7-2-1-4-18(19)12-15(13-21)10-14-8-9-16-5-3-6-17(16)11-14/h1-2,4,7-9,11,15H,3,5-6,10,12-13,21H2. The van der Waals surface area contributed by atoms with E-state index in [4.69, 9.17) is 5.73 Å². The summed E-state index contributed by atoms with van der Waals surface area (Å²) >= 11 is 3.64. The minimum atomic E-state index is 0.503. The molecule has 2 aromatic rings. The highest BCUT2D eigenvalue weighted by Gasteiger charge is 2.14. The smallest absolute Gasteiger partial charge is 0.0207 e. The maximum Gasteiger partial charge on any atom is 0.0207 e. The molecule has 1 aliphatic rings. The second-order valence-corrected chi connectivity index (χ2v) is 6.91. The van der Waals surface area contributed by atoms with E-state index in [0.717, 1.165) is 19.4 Å². The van der Waals surface area contributed by atoms with Crippen molar-refractivity contribution in [3.8, 4) is 0 Å². The maximum atomic E-state index is 6.02. The fourth-order valence-corrected chi connectivity index (χ4v) is 3.75. The summed E-state index contributed by atoms with van der Waals surface area (Å²) in [5, 5.41) is 0. The van der Waals surface area contributed by atoms with Gasteiger partial charge in [0.05, 0.1) is 0 Å². The van der Waals surface area contributed by atoms with Gasteiger partial charge in [-0.15, -0.1) is 0 Å². The van der Waals surface area contributed by atoms with E-state index in [9.17, 15) is 0 Å². The Balaban J connectivity index is 1.71. The SMILES string of the molecule is NCC(Cc1ccc2c(c1)CCC2)Cc1ccccc1Br. The van der Waals surface area contributed by atoms with E-state index in [1.807, 2.05) is 0 Å². The minimum absolute atomic E-state index is 0.503. The Morgan fingerprint density at radius 3 is 2.62 bits per heavy atom. The molecule has 2 N–H and O–H groups in total.